The SMILES string of the molecule is COc1ccccc1-n1c(SCc2nc(-c3cccc(Cl)c3)oc2C)nc2ccccc2c1=O. The number of hydrogen-bond donors (Lipinski definition) is 0. The van der Waals surface area contributed by atoms with E-state index in [1.165, 1.54) is 11.8 Å². The zero-order valence-corrected chi connectivity index (χ0v) is 20.1. The second-order valence-corrected chi connectivity index (χ2v) is 8.92. The second kappa shape index (κ2) is 9.37. The quantitative estimate of drug-likeness (QED) is 0.206. The summed E-state index contributed by atoms with van der Waals surface area (Å²) >= 11 is 7.54. The summed E-state index contributed by atoms with van der Waals surface area (Å²) in [6.07, 6.45) is 0. The van der Waals surface area contributed by atoms with Gasteiger partial charge in [-0.3, -0.25) is 9.36 Å². The van der Waals surface area contributed by atoms with Gasteiger partial charge in [-0.05, 0) is 49.4 Å². The van der Waals surface area contributed by atoms with Crippen LogP contribution in [0.1, 0.15) is 11.5 Å². The molecule has 0 saturated carbocycles. The highest BCUT2D eigenvalue weighted by atomic mass is 35.5. The lowest BCUT2D eigenvalue weighted by Gasteiger charge is -2.15. The van der Waals surface area contributed by atoms with Crippen LogP contribution in [0, 0.1) is 6.92 Å². The van der Waals surface area contributed by atoms with Crippen LogP contribution in [-0.4, -0.2) is 21.6 Å². The molecule has 3 aromatic carbocycles. The van der Waals surface area contributed by atoms with Crippen molar-refractivity contribution in [3.05, 3.63) is 99.6 Å². The van der Waals surface area contributed by atoms with Crippen LogP contribution in [0.25, 0.3) is 28.0 Å². The van der Waals surface area contributed by atoms with Crippen LogP contribution < -0.4 is 10.3 Å². The van der Waals surface area contributed by atoms with E-state index >= 15 is 0 Å². The van der Waals surface area contributed by atoms with Crippen LogP contribution in [-0.2, 0) is 5.75 Å². The van der Waals surface area contributed by atoms with Crippen molar-refractivity contribution in [1.82, 2.24) is 14.5 Å². The van der Waals surface area contributed by atoms with Crippen molar-refractivity contribution >= 4 is 34.3 Å². The van der Waals surface area contributed by atoms with Gasteiger partial charge in [-0.25, -0.2) is 9.97 Å². The van der Waals surface area contributed by atoms with Crippen molar-refractivity contribution in [3.8, 4) is 22.9 Å². The van der Waals surface area contributed by atoms with Crippen LogP contribution in [0.2, 0.25) is 5.02 Å². The van der Waals surface area contributed by atoms with E-state index < -0.39 is 0 Å². The fourth-order valence-electron chi connectivity index (χ4n) is 3.68. The van der Waals surface area contributed by atoms with Gasteiger partial charge in [0, 0.05) is 16.3 Å². The van der Waals surface area contributed by atoms with Crippen molar-refractivity contribution in [3.63, 3.8) is 0 Å². The molecule has 0 N–H and O–H groups in total. The Balaban J connectivity index is 1.56. The summed E-state index contributed by atoms with van der Waals surface area (Å²) in [4.78, 5) is 23.0. The molecule has 6 nitrogen and oxygen atoms in total. The molecule has 0 spiro atoms. The first kappa shape index (κ1) is 22.3. The molecule has 2 aromatic heterocycles. The lowest BCUT2D eigenvalue weighted by molar-refractivity contribution is 0.411. The minimum Gasteiger partial charge on any atom is -0.495 e. The van der Waals surface area contributed by atoms with E-state index in [-0.39, 0.29) is 5.56 Å². The van der Waals surface area contributed by atoms with Gasteiger partial charge in [0.2, 0.25) is 5.89 Å². The van der Waals surface area contributed by atoms with Gasteiger partial charge in [0.05, 0.1) is 29.4 Å². The average molecular weight is 490 g/mol. The van der Waals surface area contributed by atoms with Crippen molar-refractivity contribution in [1.29, 1.82) is 0 Å². The van der Waals surface area contributed by atoms with Crippen molar-refractivity contribution < 1.29 is 9.15 Å². The van der Waals surface area contributed by atoms with Crippen LogP contribution in [0.15, 0.2) is 87.2 Å². The number of para-hydroxylation sites is 3. The number of fused-ring (bicyclic) bond motifs is 1. The maximum absolute atomic E-state index is 13.5. The molecule has 0 saturated heterocycles. The van der Waals surface area contributed by atoms with Gasteiger partial charge in [0.15, 0.2) is 5.16 Å². The fraction of sp³-hybridized carbons (Fsp3) is 0.115. The highest BCUT2D eigenvalue weighted by Crippen LogP contribution is 2.31. The normalized spacial score (nSPS) is 11.1. The van der Waals surface area contributed by atoms with Gasteiger partial charge < -0.3 is 9.15 Å². The van der Waals surface area contributed by atoms with Crippen LogP contribution >= 0.6 is 23.4 Å². The van der Waals surface area contributed by atoms with E-state index in [2.05, 4.69) is 4.98 Å². The number of thioether (sulfide) groups is 1. The van der Waals surface area contributed by atoms with Crippen molar-refractivity contribution in [2.24, 2.45) is 0 Å². The molecule has 8 heteroatoms. The monoisotopic (exact) mass is 489 g/mol. The van der Waals surface area contributed by atoms with Crippen LogP contribution in [0.3, 0.4) is 0 Å². The summed E-state index contributed by atoms with van der Waals surface area (Å²) in [6.45, 7) is 1.87. The number of nitrogens with zero attached hydrogens (tertiary/aromatic N) is 3. The number of oxazole rings is 1. The van der Waals surface area contributed by atoms with Gasteiger partial charge in [0.1, 0.15) is 11.5 Å². The first-order chi connectivity index (χ1) is 16.5. The number of rotatable bonds is 6. The molecule has 0 bridgehead atoms. The molecule has 170 valence electrons. The number of aromatic nitrogens is 3. The van der Waals surface area contributed by atoms with Gasteiger partial charge in [-0.2, -0.15) is 0 Å². The highest BCUT2D eigenvalue weighted by Gasteiger charge is 2.18. The standard InChI is InChI=1S/C26H20ClN3O3S/c1-16-21(28-24(33-16)17-8-7-9-18(27)14-17)15-34-26-29-20-11-4-3-10-19(20)25(31)30(26)22-12-5-6-13-23(22)32-2/h3-14H,15H2,1-2H3. The number of methoxy groups -OCH3 is 1. The Morgan fingerprint density at radius 2 is 1.82 bits per heavy atom. The maximum Gasteiger partial charge on any atom is 0.266 e. The molecule has 5 aromatic rings. The van der Waals surface area contributed by atoms with Gasteiger partial charge in [-0.15, -0.1) is 0 Å². The van der Waals surface area contributed by atoms with Gasteiger partial charge in [-0.1, -0.05) is 53.7 Å². The molecule has 0 aliphatic carbocycles. The third-order valence-electron chi connectivity index (χ3n) is 5.37. The summed E-state index contributed by atoms with van der Waals surface area (Å²) in [7, 11) is 1.58. The fourth-order valence-corrected chi connectivity index (χ4v) is 4.87. The molecule has 34 heavy (non-hydrogen) atoms. The Hall–Kier alpha value is -3.55. The Kier molecular flexibility index (Phi) is 6.13. The largest absolute Gasteiger partial charge is 0.495 e. The molecule has 0 aliphatic heterocycles. The third kappa shape index (κ3) is 4.20. The smallest absolute Gasteiger partial charge is 0.266 e. The lowest BCUT2D eigenvalue weighted by Crippen LogP contribution is -2.22. The first-order valence-corrected chi connectivity index (χ1v) is 11.9. The third-order valence-corrected chi connectivity index (χ3v) is 6.56. The average Bonchev–Trinajstić information content (AvgIpc) is 3.23. The van der Waals surface area contributed by atoms with Crippen LogP contribution in [0.4, 0.5) is 0 Å². The minimum absolute atomic E-state index is 0.158. The highest BCUT2D eigenvalue weighted by molar-refractivity contribution is 7.98. The zero-order chi connectivity index (χ0) is 23.7. The Labute approximate surface area is 205 Å². The molecule has 0 radical (unpaired) electrons. The molecule has 0 unspecified atom stereocenters. The Morgan fingerprint density at radius 1 is 1.03 bits per heavy atom. The Morgan fingerprint density at radius 3 is 2.65 bits per heavy atom. The van der Waals surface area contributed by atoms with Crippen molar-refractivity contribution in [2.45, 2.75) is 17.8 Å². The van der Waals surface area contributed by atoms with Crippen molar-refractivity contribution in [2.75, 3.05) is 7.11 Å². The summed E-state index contributed by atoms with van der Waals surface area (Å²) < 4.78 is 13.0. The molecular weight excluding hydrogens is 470 g/mol. The van der Waals surface area contributed by atoms with Gasteiger partial charge in [0.25, 0.3) is 5.56 Å². The summed E-state index contributed by atoms with van der Waals surface area (Å²) in [6, 6.07) is 22.1. The van der Waals surface area contributed by atoms with E-state index in [4.69, 9.17) is 25.7 Å². The van der Waals surface area contributed by atoms with E-state index in [9.17, 15) is 4.79 Å². The minimum atomic E-state index is -0.158. The predicted molar refractivity (Wildman–Crippen MR) is 135 cm³/mol. The first-order valence-electron chi connectivity index (χ1n) is 10.6. The van der Waals surface area contributed by atoms with Gasteiger partial charge >= 0.3 is 0 Å². The maximum atomic E-state index is 13.5. The molecule has 2 heterocycles. The second-order valence-electron chi connectivity index (χ2n) is 7.54. The molecule has 0 amide bonds. The van der Waals surface area contributed by atoms with E-state index in [0.29, 0.717) is 49.9 Å². The number of aryl methyl sites for hydroxylation is 1. The summed E-state index contributed by atoms with van der Waals surface area (Å²) in [5.74, 6) is 2.26. The molecule has 5 rings (SSSR count). The zero-order valence-electron chi connectivity index (χ0n) is 18.5. The molecule has 0 fully saturated rings. The molecule has 0 atom stereocenters. The topological polar surface area (TPSA) is 70.2 Å². The van der Waals surface area contributed by atoms with E-state index in [0.717, 1.165) is 11.3 Å². The number of hydrogen-bond acceptors (Lipinski definition) is 6. The predicted octanol–water partition coefficient (Wildman–Crippen LogP) is 6.30. The van der Waals surface area contributed by atoms with Crippen LogP contribution in [0.5, 0.6) is 5.75 Å². The molecular formula is C26H20ClN3O3S. The number of benzene rings is 3. The molecule has 0 aliphatic rings. The number of ether oxygens (including phenoxy) is 1. The lowest BCUT2D eigenvalue weighted by atomic mass is 10.2. The summed E-state index contributed by atoms with van der Waals surface area (Å²) in [5.41, 5.74) is 2.69. The summed E-state index contributed by atoms with van der Waals surface area (Å²) in [5, 5.41) is 1.70. The number of halogens is 1. The van der Waals surface area contributed by atoms with E-state index in [1.54, 1.807) is 23.8 Å². The Bertz CT molecular complexity index is 1560. The van der Waals surface area contributed by atoms with E-state index in [1.807, 2.05) is 67.6 Å².